The normalized spacial score (nSPS) is 17.1. The molecule has 1 aliphatic carbocycles. The van der Waals surface area contributed by atoms with E-state index in [9.17, 15) is 17.3 Å². The molecule has 1 fully saturated rings. The summed E-state index contributed by atoms with van der Waals surface area (Å²) >= 11 is 0. The van der Waals surface area contributed by atoms with Crippen LogP contribution in [0.5, 0.6) is 0 Å². The lowest BCUT2D eigenvalue weighted by molar-refractivity contribution is 0.500. The van der Waals surface area contributed by atoms with Crippen LogP contribution < -0.4 is 5.46 Å². The summed E-state index contributed by atoms with van der Waals surface area (Å²) in [7, 11) is 0. The SMILES string of the molecule is Fc1ccc([B-](F)(F)F)c(C2CC2)c1. The molecule has 0 atom stereocenters. The number of halogens is 4. The van der Waals surface area contributed by atoms with Gasteiger partial charge in [-0.1, -0.05) is 11.6 Å². The molecule has 1 saturated carbocycles. The molecule has 0 bridgehead atoms. The molecule has 0 spiro atoms. The maximum atomic E-state index is 12.8. The van der Waals surface area contributed by atoms with Crippen LogP contribution in [0, 0.1) is 5.82 Å². The maximum absolute atomic E-state index is 12.8. The van der Waals surface area contributed by atoms with Gasteiger partial charge >= 0.3 is 6.98 Å². The Labute approximate surface area is 79.0 Å². The fourth-order valence-corrected chi connectivity index (χ4v) is 1.59. The van der Waals surface area contributed by atoms with Crippen molar-refractivity contribution in [3.63, 3.8) is 0 Å². The molecule has 0 radical (unpaired) electrons. The zero-order valence-corrected chi connectivity index (χ0v) is 7.31. The Morgan fingerprint density at radius 3 is 2.29 bits per heavy atom. The summed E-state index contributed by atoms with van der Waals surface area (Å²) in [6.45, 7) is -5.01. The molecule has 1 aromatic carbocycles. The quantitative estimate of drug-likeness (QED) is 0.512. The Hall–Kier alpha value is -0.995. The van der Waals surface area contributed by atoms with E-state index in [0.29, 0.717) is 0 Å². The lowest BCUT2D eigenvalue weighted by Crippen LogP contribution is -2.36. The standard InChI is InChI=1S/C9H8BF4/c11-7-3-4-9(10(12,13)14)8(5-7)6-1-2-6/h3-6H,1-2H2/q-1. The van der Waals surface area contributed by atoms with E-state index < -0.39 is 18.3 Å². The van der Waals surface area contributed by atoms with Gasteiger partial charge in [-0.25, -0.2) is 4.39 Å². The van der Waals surface area contributed by atoms with Gasteiger partial charge in [0.1, 0.15) is 5.82 Å². The summed E-state index contributed by atoms with van der Waals surface area (Å²) in [5.41, 5.74) is -0.494. The second kappa shape index (κ2) is 3.00. The van der Waals surface area contributed by atoms with Crippen LogP contribution in [0.25, 0.3) is 0 Å². The molecule has 0 N–H and O–H groups in total. The monoisotopic (exact) mass is 203 g/mol. The number of hydrogen-bond acceptors (Lipinski definition) is 0. The predicted octanol–water partition coefficient (Wildman–Crippen LogP) is 2.76. The highest BCUT2D eigenvalue weighted by Crippen LogP contribution is 2.40. The molecule has 2 rings (SSSR count). The molecule has 0 saturated heterocycles. The van der Waals surface area contributed by atoms with E-state index in [4.69, 9.17) is 0 Å². The molecule has 0 unspecified atom stereocenters. The van der Waals surface area contributed by atoms with E-state index in [-0.39, 0.29) is 11.5 Å². The van der Waals surface area contributed by atoms with E-state index in [1.807, 2.05) is 0 Å². The molecule has 0 nitrogen and oxygen atoms in total. The molecule has 14 heavy (non-hydrogen) atoms. The average molecular weight is 203 g/mol. The molecule has 0 amide bonds. The van der Waals surface area contributed by atoms with Crippen molar-refractivity contribution in [1.29, 1.82) is 0 Å². The predicted molar refractivity (Wildman–Crippen MR) is 47.1 cm³/mol. The van der Waals surface area contributed by atoms with Crippen molar-refractivity contribution in [2.75, 3.05) is 0 Å². The first kappa shape index (κ1) is 9.56. The first-order chi connectivity index (χ1) is 6.48. The molecular weight excluding hydrogens is 195 g/mol. The molecule has 5 heteroatoms. The van der Waals surface area contributed by atoms with E-state index >= 15 is 0 Å². The summed E-state index contributed by atoms with van der Waals surface area (Å²) in [6.07, 6.45) is 1.48. The fraction of sp³-hybridized carbons (Fsp3) is 0.333. The van der Waals surface area contributed by atoms with Crippen molar-refractivity contribution < 1.29 is 17.3 Å². The van der Waals surface area contributed by atoms with Crippen molar-refractivity contribution in [2.45, 2.75) is 18.8 Å². The van der Waals surface area contributed by atoms with Crippen LogP contribution in [0.15, 0.2) is 18.2 Å². The largest absolute Gasteiger partial charge is 0.509 e. The summed E-state index contributed by atoms with van der Waals surface area (Å²) < 4.78 is 50.3. The van der Waals surface area contributed by atoms with Gasteiger partial charge in [0.2, 0.25) is 0 Å². The van der Waals surface area contributed by atoms with Crippen molar-refractivity contribution in [3.8, 4) is 0 Å². The Morgan fingerprint density at radius 1 is 1.14 bits per heavy atom. The van der Waals surface area contributed by atoms with Gasteiger partial charge in [-0.15, -0.1) is 5.46 Å². The van der Waals surface area contributed by atoms with E-state index in [0.717, 1.165) is 31.0 Å². The van der Waals surface area contributed by atoms with Gasteiger partial charge in [-0.2, -0.15) is 0 Å². The van der Waals surface area contributed by atoms with Gasteiger partial charge in [-0.05, 0) is 30.9 Å². The molecule has 1 aliphatic rings. The Morgan fingerprint density at radius 2 is 1.79 bits per heavy atom. The molecular formula is C9H8BF4-. The van der Waals surface area contributed by atoms with Crippen LogP contribution in [0.3, 0.4) is 0 Å². The minimum atomic E-state index is -5.01. The van der Waals surface area contributed by atoms with Crippen LogP contribution in [0.4, 0.5) is 17.3 Å². The van der Waals surface area contributed by atoms with Gasteiger partial charge in [0.25, 0.3) is 0 Å². The third-order valence-electron chi connectivity index (χ3n) is 2.42. The second-order valence-corrected chi connectivity index (χ2v) is 3.62. The summed E-state index contributed by atoms with van der Waals surface area (Å²) in [5.74, 6) is -0.667. The van der Waals surface area contributed by atoms with Gasteiger partial charge in [0.05, 0.1) is 0 Å². The number of hydrogen-bond donors (Lipinski definition) is 0. The zero-order chi connectivity index (χ0) is 10.3. The minimum Gasteiger partial charge on any atom is -0.445 e. The van der Waals surface area contributed by atoms with E-state index in [1.165, 1.54) is 0 Å². The third kappa shape index (κ3) is 1.76. The summed E-state index contributed by atoms with van der Waals surface area (Å²) in [5, 5.41) is 0. The molecule has 0 aromatic heterocycles. The first-order valence-electron chi connectivity index (χ1n) is 4.48. The lowest BCUT2D eigenvalue weighted by Gasteiger charge is -2.19. The summed E-state index contributed by atoms with van der Waals surface area (Å²) in [4.78, 5) is 0. The molecule has 1 aromatic rings. The minimum absolute atomic E-state index is 0.0794. The zero-order valence-electron chi connectivity index (χ0n) is 7.31. The number of benzene rings is 1. The van der Waals surface area contributed by atoms with Crippen molar-refractivity contribution in [2.24, 2.45) is 0 Å². The van der Waals surface area contributed by atoms with Gasteiger partial charge < -0.3 is 12.9 Å². The second-order valence-electron chi connectivity index (χ2n) is 3.62. The molecule has 0 heterocycles. The smallest absolute Gasteiger partial charge is 0.445 e. The average Bonchev–Trinajstić information content (AvgIpc) is 2.83. The van der Waals surface area contributed by atoms with Crippen molar-refractivity contribution >= 4 is 12.4 Å². The number of rotatable bonds is 2. The topological polar surface area (TPSA) is 0 Å². The Bertz CT molecular complexity index is 354. The van der Waals surface area contributed by atoms with Gasteiger partial charge in [0, 0.05) is 0 Å². The van der Waals surface area contributed by atoms with Gasteiger partial charge in [-0.3, -0.25) is 0 Å². The first-order valence-corrected chi connectivity index (χ1v) is 4.48. The maximum Gasteiger partial charge on any atom is 0.509 e. The highest BCUT2D eigenvalue weighted by atomic mass is 19.4. The summed E-state index contributed by atoms with van der Waals surface area (Å²) in [6, 6.07) is 2.74. The molecule has 0 aliphatic heterocycles. The van der Waals surface area contributed by atoms with E-state index in [2.05, 4.69) is 0 Å². The van der Waals surface area contributed by atoms with Crippen LogP contribution in [-0.2, 0) is 0 Å². The highest BCUT2D eigenvalue weighted by Gasteiger charge is 2.34. The Kier molecular flexibility index (Phi) is 2.05. The van der Waals surface area contributed by atoms with Crippen molar-refractivity contribution in [3.05, 3.63) is 29.6 Å². The van der Waals surface area contributed by atoms with Crippen LogP contribution in [0.1, 0.15) is 24.3 Å². The Balaban J connectivity index is 2.47. The van der Waals surface area contributed by atoms with Gasteiger partial charge in [0.15, 0.2) is 0 Å². The third-order valence-corrected chi connectivity index (χ3v) is 2.42. The van der Waals surface area contributed by atoms with Crippen LogP contribution in [0.2, 0.25) is 0 Å². The van der Waals surface area contributed by atoms with E-state index in [1.54, 1.807) is 0 Å². The fourth-order valence-electron chi connectivity index (χ4n) is 1.59. The van der Waals surface area contributed by atoms with Crippen LogP contribution >= 0.6 is 0 Å². The highest BCUT2D eigenvalue weighted by molar-refractivity contribution is 6.74. The molecule has 76 valence electrons. The van der Waals surface area contributed by atoms with Crippen molar-refractivity contribution in [1.82, 2.24) is 0 Å². The lowest BCUT2D eigenvalue weighted by atomic mass is 9.75. The van der Waals surface area contributed by atoms with Crippen LogP contribution in [-0.4, -0.2) is 6.98 Å².